The number of anilines is 1. The number of halogens is 1. The van der Waals surface area contributed by atoms with Gasteiger partial charge in [-0.05, 0) is 51.7 Å². The minimum absolute atomic E-state index is 0.0881. The van der Waals surface area contributed by atoms with Crippen molar-refractivity contribution < 1.29 is 14.0 Å². The minimum atomic E-state index is -0.358. The Kier molecular flexibility index (Phi) is 6.86. The number of hydrogen-bond donors (Lipinski definition) is 1. The number of pyridine rings is 1. The second kappa shape index (κ2) is 10.3. The Hall–Kier alpha value is -3.34. The molecule has 39 heavy (non-hydrogen) atoms. The maximum atomic E-state index is 14.2. The number of ether oxygens (including phenoxy) is 2. The summed E-state index contributed by atoms with van der Waals surface area (Å²) in [4.78, 5) is 28.0. The summed E-state index contributed by atoms with van der Waals surface area (Å²) in [6, 6.07) is 7.40. The third-order valence-corrected chi connectivity index (χ3v) is 7.72. The van der Waals surface area contributed by atoms with Gasteiger partial charge in [-0.15, -0.1) is 0 Å². The van der Waals surface area contributed by atoms with Crippen LogP contribution < -0.4 is 10.9 Å². The molecule has 1 unspecified atom stereocenters. The van der Waals surface area contributed by atoms with Crippen LogP contribution in [0.5, 0.6) is 0 Å². The van der Waals surface area contributed by atoms with Gasteiger partial charge in [0.25, 0.3) is 5.56 Å². The minimum Gasteiger partial charge on any atom is -0.381 e. The second-order valence-electron chi connectivity index (χ2n) is 10.8. The molecular formula is C28H31ClN6O4. The topological polar surface area (TPSA) is 117 Å². The van der Waals surface area contributed by atoms with Crippen LogP contribution in [-0.4, -0.2) is 56.1 Å². The number of rotatable bonds is 5. The smallest absolute Gasteiger partial charge is 0.260 e. The molecule has 1 atom stereocenters. The monoisotopic (exact) mass is 550 g/mol. The van der Waals surface area contributed by atoms with E-state index in [2.05, 4.69) is 34.3 Å². The highest BCUT2D eigenvalue weighted by Crippen LogP contribution is 2.35. The zero-order valence-electron chi connectivity index (χ0n) is 22.2. The molecule has 1 N–H and O–H groups in total. The van der Waals surface area contributed by atoms with Gasteiger partial charge in [-0.1, -0.05) is 28.9 Å². The van der Waals surface area contributed by atoms with E-state index in [9.17, 15) is 4.79 Å². The number of nitrogens with zero attached hydrogens (tertiary/aromatic N) is 5. The quantitative estimate of drug-likeness (QED) is 0.358. The van der Waals surface area contributed by atoms with Crippen LogP contribution in [0.1, 0.15) is 51.5 Å². The van der Waals surface area contributed by atoms with Crippen molar-refractivity contribution in [3.05, 3.63) is 51.7 Å². The summed E-state index contributed by atoms with van der Waals surface area (Å²) in [7, 11) is 0. The molecule has 2 fully saturated rings. The summed E-state index contributed by atoms with van der Waals surface area (Å²) in [5, 5.41) is 8.59. The zero-order chi connectivity index (χ0) is 27.1. The highest BCUT2D eigenvalue weighted by molar-refractivity contribution is 6.33. The lowest BCUT2D eigenvalue weighted by atomic mass is 9.93. The molecule has 0 bridgehead atoms. The molecule has 0 saturated carbocycles. The van der Waals surface area contributed by atoms with Crippen LogP contribution in [0.2, 0.25) is 5.02 Å². The van der Waals surface area contributed by atoms with Gasteiger partial charge in [0.1, 0.15) is 5.65 Å². The maximum absolute atomic E-state index is 14.2. The van der Waals surface area contributed by atoms with Crippen molar-refractivity contribution in [2.24, 2.45) is 0 Å². The van der Waals surface area contributed by atoms with Gasteiger partial charge < -0.3 is 19.3 Å². The lowest BCUT2D eigenvalue weighted by Gasteiger charge is -2.36. The highest BCUT2D eigenvalue weighted by atomic mass is 35.5. The fraction of sp³-hybridized carbons (Fsp3) is 0.464. The molecule has 0 aliphatic carbocycles. The van der Waals surface area contributed by atoms with Crippen molar-refractivity contribution in [2.75, 3.05) is 25.1 Å². The predicted octanol–water partition coefficient (Wildman–Crippen LogP) is 5.19. The maximum Gasteiger partial charge on any atom is 0.260 e. The molecule has 204 valence electrons. The van der Waals surface area contributed by atoms with Crippen LogP contribution in [0.3, 0.4) is 0 Å². The summed E-state index contributed by atoms with van der Waals surface area (Å²) in [5.74, 6) is 1.42. The Morgan fingerprint density at radius 3 is 2.62 bits per heavy atom. The van der Waals surface area contributed by atoms with Crippen molar-refractivity contribution in [1.82, 2.24) is 24.7 Å². The molecule has 5 heterocycles. The van der Waals surface area contributed by atoms with Crippen molar-refractivity contribution in [2.45, 2.75) is 64.1 Å². The average molecular weight is 551 g/mol. The molecule has 2 saturated heterocycles. The number of fused-ring (bicyclic) bond motifs is 1. The first-order valence-corrected chi connectivity index (χ1v) is 13.7. The Balaban J connectivity index is 1.46. The Labute approximate surface area is 230 Å². The summed E-state index contributed by atoms with van der Waals surface area (Å²) < 4.78 is 18.4. The van der Waals surface area contributed by atoms with Gasteiger partial charge >= 0.3 is 0 Å². The number of hydrogen-bond acceptors (Lipinski definition) is 9. The van der Waals surface area contributed by atoms with Gasteiger partial charge in [0.15, 0.2) is 0 Å². The van der Waals surface area contributed by atoms with Gasteiger partial charge in [-0.3, -0.25) is 9.36 Å². The largest absolute Gasteiger partial charge is 0.381 e. The van der Waals surface area contributed by atoms with Crippen molar-refractivity contribution in [3.63, 3.8) is 0 Å². The molecular weight excluding hydrogens is 520 g/mol. The number of aryl methyl sites for hydroxylation is 1. The molecule has 2 aliphatic rings. The zero-order valence-corrected chi connectivity index (χ0v) is 23.0. The van der Waals surface area contributed by atoms with Gasteiger partial charge in [-0.2, -0.15) is 9.97 Å². The van der Waals surface area contributed by atoms with E-state index >= 15 is 0 Å². The standard InChI is InChI=1S/C28H31ClN6O4/c1-16-31-24(34-39-16)17-4-5-21(23(29)13-17)22-12-18-15-30-27(32-19-6-9-37-10-7-19)33-25(18)35(26(22)36)20-8-11-38-28(2,3)14-20/h4-5,12-13,15,19-20H,6-11,14H2,1-3H3,(H,30,32,33). The van der Waals surface area contributed by atoms with Crippen molar-refractivity contribution >= 4 is 28.6 Å². The van der Waals surface area contributed by atoms with E-state index in [1.165, 1.54) is 0 Å². The molecule has 1 aromatic carbocycles. The lowest BCUT2D eigenvalue weighted by Crippen LogP contribution is -2.39. The molecule has 4 aromatic rings. The van der Waals surface area contributed by atoms with Crippen LogP contribution in [0.25, 0.3) is 33.5 Å². The Morgan fingerprint density at radius 1 is 1.08 bits per heavy atom. The second-order valence-corrected chi connectivity index (χ2v) is 11.2. The van der Waals surface area contributed by atoms with Gasteiger partial charge in [0.2, 0.25) is 17.7 Å². The SMILES string of the molecule is Cc1nc(-c2ccc(-c3cc4cnc(NC5CCOCC5)nc4n(C4CCOC(C)(C)C4)c3=O)c(Cl)c2)no1. The van der Waals surface area contributed by atoms with Crippen LogP contribution >= 0.6 is 11.6 Å². The van der Waals surface area contributed by atoms with E-state index in [-0.39, 0.29) is 23.2 Å². The molecule has 0 amide bonds. The molecule has 2 aliphatic heterocycles. The predicted molar refractivity (Wildman–Crippen MR) is 148 cm³/mol. The molecule has 0 spiro atoms. The first-order chi connectivity index (χ1) is 18.8. The first-order valence-electron chi connectivity index (χ1n) is 13.3. The number of nitrogens with one attached hydrogen (secondary N) is 1. The van der Waals surface area contributed by atoms with Crippen LogP contribution in [0, 0.1) is 6.92 Å². The Morgan fingerprint density at radius 2 is 1.90 bits per heavy atom. The van der Waals surface area contributed by atoms with E-state index in [0.717, 1.165) is 18.2 Å². The lowest BCUT2D eigenvalue weighted by molar-refractivity contribution is -0.0689. The molecule has 10 nitrogen and oxygen atoms in total. The number of benzene rings is 1. The van der Waals surface area contributed by atoms with Gasteiger partial charge in [-0.25, -0.2) is 4.98 Å². The highest BCUT2D eigenvalue weighted by Gasteiger charge is 2.32. The summed E-state index contributed by atoms with van der Waals surface area (Å²) in [6.07, 6.45) is 4.94. The fourth-order valence-electron chi connectivity index (χ4n) is 5.46. The van der Waals surface area contributed by atoms with E-state index in [0.29, 0.717) is 77.7 Å². The van der Waals surface area contributed by atoms with Crippen LogP contribution in [0.15, 0.2) is 39.8 Å². The van der Waals surface area contributed by atoms with E-state index in [1.807, 2.05) is 22.8 Å². The normalized spacial score (nSPS) is 19.8. The van der Waals surface area contributed by atoms with Crippen LogP contribution in [-0.2, 0) is 9.47 Å². The van der Waals surface area contributed by atoms with Crippen molar-refractivity contribution in [3.8, 4) is 22.5 Å². The van der Waals surface area contributed by atoms with Gasteiger partial charge in [0.05, 0.1) is 5.60 Å². The fourth-order valence-corrected chi connectivity index (χ4v) is 5.74. The number of aromatic nitrogens is 5. The summed E-state index contributed by atoms with van der Waals surface area (Å²) in [5.41, 5.74) is 1.92. The van der Waals surface area contributed by atoms with Crippen LogP contribution in [0.4, 0.5) is 5.95 Å². The molecule has 3 aromatic heterocycles. The third kappa shape index (κ3) is 5.28. The average Bonchev–Trinajstić information content (AvgIpc) is 3.35. The summed E-state index contributed by atoms with van der Waals surface area (Å²) >= 11 is 6.76. The van der Waals surface area contributed by atoms with E-state index < -0.39 is 0 Å². The molecule has 0 radical (unpaired) electrons. The first kappa shape index (κ1) is 25.9. The summed E-state index contributed by atoms with van der Waals surface area (Å²) in [6.45, 7) is 7.82. The van der Waals surface area contributed by atoms with E-state index in [1.54, 1.807) is 19.2 Å². The Bertz CT molecular complexity index is 1580. The molecule has 11 heteroatoms. The van der Waals surface area contributed by atoms with Crippen molar-refractivity contribution in [1.29, 1.82) is 0 Å². The van der Waals surface area contributed by atoms with E-state index in [4.69, 9.17) is 30.6 Å². The third-order valence-electron chi connectivity index (χ3n) is 7.41. The van der Waals surface area contributed by atoms with Gasteiger partial charge in [0, 0.05) is 72.1 Å². The molecule has 6 rings (SSSR count).